The quantitative estimate of drug-likeness (QED) is 0.882. The van der Waals surface area contributed by atoms with E-state index in [2.05, 4.69) is 25.2 Å². The van der Waals surface area contributed by atoms with Gasteiger partial charge in [0.1, 0.15) is 5.82 Å². The third kappa shape index (κ3) is 2.89. The Morgan fingerprint density at radius 2 is 2.22 bits per heavy atom. The van der Waals surface area contributed by atoms with Gasteiger partial charge in [0.25, 0.3) is 0 Å². The van der Waals surface area contributed by atoms with Crippen LogP contribution in [0.4, 0.5) is 4.39 Å². The Kier molecular flexibility index (Phi) is 4.33. The van der Waals surface area contributed by atoms with Crippen molar-refractivity contribution in [1.82, 2.24) is 5.32 Å². The van der Waals surface area contributed by atoms with Gasteiger partial charge in [0.05, 0.1) is 0 Å². The van der Waals surface area contributed by atoms with E-state index in [4.69, 9.17) is 0 Å². The topological polar surface area (TPSA) is 12.0 Å². The lowest BCUT2D eigenvalue weighted by Gasteiger charge is -2.34. The summed E-state index contributed by atoms with van der Waals surface area (Å²) in [5, 5.41) is 3.55. The number of benzene rings is 1. The lowest BCUT2D eigenvalue weighted by atomic mass is 9.89. The number of hydrogen-bond donors (Lipinski definition) is 1. The third-order valence-electron chi connectivity index (χ3n) is 3.67. The molecule has 1 aliphatic heterocycles. The van der Waals surface area contributed by atoms with Gasteiger partial charge in [0, 0.05) is 10.8 Å². The number of nitrogens with one attached hydrogen (secondary N) is 1. The number of thioether (sulfide) groups is 1. The summed E-state index contributed by atoms with van der Waals surface area (Å²) in [7, 11) is 0. The van der Waals surface area contributed by atoms with Gasteiger partial charge in [-0.2, -0.15) is 11.8 Å². The van der Waals surface area contributed by atoms with E-state index in [0.717, 1.165) is 17.7 Å². The maximum absolute atomic E-state index is 13.6. The third-order valence-corrected chi connectivity index (χ3v) is 5.26. The van der Waals surface area contributed by atoms with Gasteiger partial charge in [0.15, 0.2) is 0 Å². The minimum atomic E-state index is -0.125. The smallest absolute Gasteiger partial charge is 0.123 e. The fraction of sp³-hybridized carbons (Fsp3) is 0.600. The minimum absolute atomic E-state index is 0.125. The molecule has 0 radical (unpaired) electrons. The molecule has 1 aromatic carbocycles. The van der Waals surface area contributed by atoms with Crippen molar-refractivity contribution in [3.63, 3.8) is 0 Å². The summed E-state index contributed by atoms with van der Waals surface area (Å²) < 4.78 is 13.8. The Labute approximate surface area is 114 Å². The van der Waals surface area contributed by atoms with Gasteiger partial charge in [0.2, 0.25) is 0 Å². The van der Waals surface area contributed by atoms with Crippen LogP contribution in [0.1, 0.15) is 43.9 Å². The molecule has 0 aromatic heterocycles. The monoisotopic (exact) mass is 267 g/mol. The van der Waals surface area contributed by atoms with E-state index < -0.39 is 0 Å². The van der Waals surface area contributed by atoms with Gasteiger partial charge >= 0.3 is 0 Å². The molecule has 1 N–H and O–H groups in total. The van der Waals surface area contributed by atoms with Crippen molar-refractivity contribution < 1.29 is 4.39 Å². The van der Waals surface area contributed by atoms with Crippen LogP contribution in [0.25, 0.3) is 0 Å². The zero-order valence-corrected chi connectivity index (χ0v) is 12.2. The van der Waals surface area contributed by atoms with Gasteiger partial charge in [-0.05, 0) is 62.2 Å². The molecule has 1 heterocycles. The Hall–Kier alpha value is -0.540. The van der Waals surface area contributed by atoms with Crippen molar-refractivity contribution in [1.29, 1.82) is 0 Å². The highest BCUT2D eigenvalue weighted by molar-refractivity contribution is 8.00. The van der Waals surface area contributed by atoms with E-state index in [1.807, 2.05) is 18.7 Å². The van der Waals surface area contributed by atoms with Gasteiger partial charge in [-0.3, -0.25) is 0 Å². The summed E-state index contributed by atoms with van der Waals surface area (Å²) in [4.78, 5) is 0. The first-order valence-electron chi connectivity index (χ1n) is 6.69. The molecule has 0 amide bonds. The zero-order valence-electron chi connectivity index (χ0n) is 11.4. The molecule has 1 fully saturated rings. The summed E-state index contributed by atoms with van der Waals surface area (Å²) in [5.41, 5.74) is 2.09. The van der Waals surface area contributed by atoms with E-state index in [1.54, 1.807) is 12.1 Å². The van der Waals surface area contributed by atoms with E-state index in [1.165, 1.54) is 18.6 Å². The highest BCUT2D eigenvalue weighted by Gasteiger charge is 2.38. The van der Waals surface area contributed by atoms with Crippen LogP contribution in [-0.4, -0.2) is 17.0 Å². The molecular formula is C15H22FNS. The van der Waals surface area contributed by atoms with Crippen LogP contribution in [0, 0.1) is 12.7 Å². The number of hydrogen-bond acceptors (Lipinski definition) is 2. The van der Waals surface area contributed by atoms with Crippen molar-refractivity contribution in [3.05, 3.63) is 35.1 Å². The molecule has 2 rings (SSSR count). The lowest BCUT2D eigenvalue weighted by Crippen LogP contribution is -2.37. The Morgan fingerprint density at radius 3 is 2.78 bits per heavy atom. The lowest BCUT2D eigenvalue weighted by molar-refractivity contribution is 0.419. The minimum Gasteiger partial charge on any atom is -0.309 e. The first-order valence-corrected chi connectivity index (χ1v) is 7.68. The molecule has 2 atom stereocenters. The van der Waals surface area contributed by atoms with E-state index in [-0.39, 0.29) is 16.6 Å². The van der Waals surface area contributed by atoms with Crippen LogP contribution >= 0.6 is 11.8 Å². The standard InChI is InChI=1S/C15H22FNS/c1-4-17-14(15(3)6-5-7-18-15)12-8-11(2)9-13(16)10-12/h8-10,14,17H,4-7H2,1-3H3. The molecule has 0 bridgehead atoms. The fourth-order valence-corrected chi connectivity index (χ4v) is 4.28. The molecule has 0 aliphatic carbocycles. The average molecular weight is 267 g/mol. The summed E-state index contributed by atoms with van der Waals surface area (Å²) in [6.07, 6.45) is 2.46. The van der Waals surface area contributed by atoms with Crippen LogP contribution < -0.4 is 5.32 Å². The Bertz CT molecular complexity index is 393. The van der Waals surface area contributed by atoms with Crippen molar-refractivity contribution >= 4 is 11.8 Å². The second-order valence-electron chi connectivity index (χ2n) is 5.32. The van der Waals surface area contributed by atoms with E-state index in [0.29, 0.717) is 0 Å². The Morgan fingerprint density at radius 1 is 1.44 bits per heavy atom. The predicted octanol–water partition coefficient (Wildman–Crippen LogP) is 4.07. The van der Waals surface area contributed by atoms with Crippen molar-refractivity contribution in [2.75, 3.05) is 12.3 Å². The number of aryl methyl sites for hydroxylation is 1. The second kappa shape index (κ2) is 5.62. The highest BCUT2D eigenvalue weighted by Crippen LogP contribution is 2.46. The first-order chi connectivity index (χ1) is 8.55. The maximum Gasteiger partial charge on any atom is 0.123 e. The van der Waals surface area contributed by atoms with Gasteiger partial charge in [-0.1, -0.05) is 13.0 Å². The molecule has 3 heteroatoms. The Balaban J connectivity index is 2.34. The van der Waals surface area contributed by atoms with Crippen LogP contribution in [0.15, 0.2) is 18.2 Å². The van der Waals surface area contributed by atoms with E-state index in [9.17, 15) is 4.39 Å². The van der Waals surface area contributed by atoms with Gasteiger partial charge in [-0.25, -0.2) is 4.39 Å². The molecule has 1 nitrogen and oxygen atoms in total. The normalized spacial score (nSPS) is 25.3. The first kappa shape index (κ1) is 13.9. The molecule has 18 heavy (non-hydrogen) atoms. The van der Waals surface area contributed by atoms with Crippen molar-refractivity contribution in [2.45, 2.75) is 44.4 Å². The van der Waals surface area contributed by atoms with Crippen LogP contribution in [0.3, 0.4) is 0 Å². The molecular weight excluding hydrogens is 245 g/mol. The predicted molar refractivity (Wildman–Crippen MR) is 77.7 cm³/mol. The summed E-state index contributed by atoms with van der Waals surface area (Å²) >= 11 is 2.01. The zero-order chi connectivity index (χ0) is 13.2. The summed E-state index contributed by atoms with van der Waals surface area (Å²) in [5.74, 6) is 1.09. The van der Waals surface area contributed by atoms with Crippen molar-refractivity contribution in [3.8, 4) is 0 Å². The largest absolute Gasteiger partial charge is 0.309 e. The van der Waals surface area contributed by atoms with Gasteiger partial charge < -0.3 is 5.32 Å². The van der Waals surface area contributed by atoms with E-state index >= 15 is 0 Å². The second-order valence-corrected chi connectivity index (χ2v) is 6.95. The molecule has 2 unspecified atom stereocenters. The van der Waals surface area contributed by atoms with Crippen LogP contribution in [0.5, 0.6) is 0 Å². The SMILES string of the molecule is CCNC(c1cc(C)cc(F)c1)C1(C)CCCS1. The maximum atomic E-state index is 13.6. The van der Waals surface area contributed by atoms with Crippen LogP contribution in [-0.2, 0) is 0 Å². The summed E-state index contributed by atoms with van der Waals surface area (Å²) in [6, 6.07) is 5.63. The number of rotatable bonds is 4. The molecule has 1 aliphatic rings. The number of halogens is 1. The molecule has 100 valence electrons. The molecule has 0 saturated carbocycles. The summed E-state index contributed by atoms with van der Waals surface area (Å²) in [6.45, 7) is 7.29. The highest BCUT2D eigenvalue weighted by atomic mass is 32.2. The molecule has 0 spiro atoms. The van der Waals surface area contributed by atoms with Gasteiger partial charge in [-0.15, -0.1) is 0 Å². The molecule has 1 aromatic rings. The van der Waals surface area contributed by atoms with Crippen molar-refractivity contribution in [2.24, 2.45) is 0 Å². The fourth-order valence-electron chi connectivity index (χ4n) is 2.85. The average Bonchev–Trinajstić information content (AvgIpc) is 2.72. The molecule has 1 saturated heterocycles. The van der Waals surface area contributed by atoms with Crippen LogP contribution in [0.2, 0.25) is 0 Å².